The molecule has 0 aromatic heterocycles. The van der Waals surface area contributed by atoms with Gasteiger partial charge < -0.3 is 5.11 Å². The third-order valence-electron chi connectivity index (χ3n) is 6.55. The third-order valence-corrected chi connectivity index (χ3v) is 6.55. The van der Waals surface area contributed by atoms with E-state index >= 15 is 0 Å². The Balaban J connectivity index is 1.52. The topological polar surface area (TPSA) is 52.9 Å². The Hall–Kier alpha value is -1.42. The van der Waals surface area contributed by atoms with Crippen molar-refractivity contribution in [1.29, 1.82) is 0 Å². The second kappa shape index (κ2) is 8.31. The van der Waals surface area contributed by atoms with Crippen LogP contribution in [0, 0.1) is 11.8 Å². The van der Waals surface area contributed by atoms with Crippen LogP contribution in [0.2, 0.25) is 0 Å². The molecule has 0 radical (unpaired) electrons. The maximum Gasteiger partial charge on any atom is 0.320 e. The molecular weight excluding hydrogens is 312 g/mol. The fourth-order valence-electron chi connectivity index (χ4n) is 4.66. The molecule has 3 rings (SSSR count). The lowest BCUT2D eigenvalue weighted by atomic mass is 9.78. The Morgan fingerprint density at radius 3 is 2.68 bits per heavy atom. The molecule has 0 spiro atoms. The minimum Gasteiger partial charge on any atom is -0.480 e. The van der Waals surface area contributed by atoms with E-state index in [9.17, 15) is 9.90 Å². The first-order chi connectivity index (χ1) is 12.1. The molecule has 2 saturated carbocycles. The van der Waals surface area contributed by atoms with Gasteiger partial charge in [-0.2, -0.15) is 0 Å². The summed E-state index contributed by atoms with van der Waals surface area (Å²) in [6.07, 6.45) is 18.7. The molecule has 4 heteroatoms. The minimum absolute atomic E-state index is 0.396. The summed E-state index contributed by atoms with van der Waals surface area (Å²) in [6.45, 7) is 1.78. The Labute approximate surface area is 151 Å². The van der Waals surface area contributed by atoms with E-state index in [0.717, 1.165) is 25.7 Å². The monoisotopic (exact) mass is 344 g/mol. The number of allylic oxidation sites excluding steroid dienone is 3. The molecule has 1 heterocycles. The highest BCUT2D eigenvalue weighted by atomic mass is 16.4. The van der Waals surface area contributed by atoms with Gasteiger partial charge in [0.2, 0.25) is 0 Å². The molecule has 3 unspecified atom stereocenters. The summed E-state index contributed by atoms with van der Waals surface area (Å²) in [5, 5.41) is 9.19. The van der Waals surface area contributed by atoms with Gasteiger partial charge in [-0.25, -0.2) is 0 Å². The number of hydrogen-bond acceptors (Lipinski definition) is 3. The van der Waals surface area contributed by atoms with Crippen molar-refractivity contribution in [3.05, 3.63) is 23.8 Å². The van der Waals surface area contributed by atoms with Crippen molar-refractivity contribution >= 4 is 12.2 Å². The normalized spacial score (nSPS) is 34.0. The van der Waals surface area contributed by atoms with Crippen LogP contribution in [0.3, 0.4) is 0 Å². The summed E-state index contributed by atoms with van der Waals surface area (Å²) in [6, 6.07) is 0.520. The third kappa shape index (κ3) is 4.41. The quantitative estimate of drug-likeness (QED) is 0.818. The number of rotatable bonds is 5. The number of carboxylic acid groups (broad SMARTS) is 1. The number of aliphatic imine (C=N–C) groups is 1. The average Bonchev–Trinajstić information content (AvgIpc) is 2.65. The molecule has 0 amide bonds. The first-order valence-corrected chi connectivity index (χ1v) is 9.92. The number of carboxylic acids is 1. The molecule has 4 nitrogen and oxygen atoms in total. The molecule has 1 N–H and O–H groups in total. The van der Waals surface area contributed by atoms with Gasteiger partial charge in [-0.15, -0.1) is 0 Å². The van der Waals surface area contributed by atoms with Crippen molar-refractivity contribution in [1.82, 2.24) is 4.90 Å². The lowest BCUT2D eigenvalue weighted by Crippen LogP contribution is -2.44. The van der Waals surface area contributed by atoms with Crippen LogP contribution in [0.25, 0.3) is 0 Å². The van der Waals surface area contributed by atoms with Crippen LogP contribution in [0.4, 0.5) is 0 Å². The smallest absolute Gasteiger partial charge is 0.320 e. The first kappa shape index (κ1) is 18.4. The van der Waals surface area contributed by atoms with Gasteiger partial charge in [-0.3, -0.25) is 14.7 Å². The number of carbonyl (C=O) groups is 1. The van der Waals surface area contributed by atoms with Crippen LogP contribution in [0.1, 0.15) is 58.3 Å². The Kier molecular flexibility index (Phi) is 6.10. The SMILES string of the molecule is CC(C(=O)O)N(C)C1CCC(/C=C/C2=CC=NC3CCCCC23)CC1. The highest BCUT2D eigenvalue weighted by molar-refractivity contribution is 5.75. The van der Waals surface area contributed by atoms with Crippen LogP contribution in [0.5, 0.6) is 0 Å². The summed E-state index contributed by atoms with van der Waals surface area (Å²) in [7, 11) is 1.95. The molecule has 3 aliphatic rings. The van der Waals surface area contributed by atoms with E-state index < -0.39 is 12.0 Å². The van der Waals surface area contributed by atoms with E-state index in [0.29, 0.717) is 23.9 Å². The number of fused-ring (bicyclic) bond motifs is 1. The van der Waals surface area contributed by atoms with Crippen molar-refractivity contribution in [3.8, 4) is 0 Å². The predicted octanol–water partition coefficient (Wildman–Crippen LogP) is 4.08. The maximum atomic E-state index is 11.2. The lowest BCUT2D eigenvalue weighted by molar-refractivity contribution is -0.143. The molecule has 0 aromatic carbocycles. The molecule has 138 valence electrons. The van der Waals surface area contributed by atoms with Gasteiger partial charge in [0.05, 0.1) is 6.04 Å². The number of hydrogen-bond donors (Lipinski definition) is 1. The number of dihydropyridines is 1. The zero-order valence-corrected chi connectivity index (χ0v) is 15.6. The van der Waals surface area contributed by atoms with Gasteiger partial charge in [-0.1, -0.05) is 25.0 Å². The van der Waals surface area contributed by atoms with E-state index in [1.165, 1.54) is 31.3 Å². The minimum atomic E-state index is -0.725. The Bertz CT molecular complexity index is 558. The highest BCUT2D eigenvalue weighted by Gasteiger charge is 2.30. The molecule has 3 atom stereocenters. The average molecular weight is 344 g/mol. The molecule has 0 aromatic rings. The Morgan fingerprint density at radius 1 is 1.24 bits per heavy atom. The van der Waals surface area contributed by atoms with E-state index in [2.05, 4.69) is 23.2 Å². The van der Waals surface area contributed by atoms with E-state index in [1.807, 2.05) is 18.2 Å². The van der Waals surface area contributed by atoms with E-state index in [1.54, 1.807) is 6.92 Å². The van der Waals surface area contributed by atoms with Gasteiger partial charge in [0.15, 0.2) is 0 Å². The fourth-order valence-corrected chi connectivity index (χ4v) is 4.66. The van der Waals surface area contributed by atoms with Gasteiger partial charge in [0.25, 0.3) is 0 Å². The summed E-state index contributed by atoms with van der Waals surface area (Å²) in [4.78, 5) is 17.9. The second-order valence-electron chi connectivity index (χ2n) is 8.03. The number of nitrogens with zero attached hydrogens (tertiary/aromatic N) is 2. The van der Waals surface area contributed by atoms with Gasteiger partial charge in [0.1, 0.15) is 6.04 Å². The molecule has 0 bridgehead atoms. The summed E-state index contributed by atoms with van der Waals surface area (Å²) >= 11 is 0. The van der Waals surface area contributed by atoms with Crippen molar-refractivity contribution in [2.24, 2.45) is 16.8 Å². The van der Waals surface area contributed by atoms with Gasteiger partial charge >= 0.3 is 5.97 Å². The first-order valence-electron chi connectivity index (χ1n) is 9.92. The highest BCUT2D eigenvalue weighted by Crippen LogP contribution is 2.35. The molecule has 1 aliphatic heterocycles. The zero-order chi connectivity index (χ0) is 17.8. The van der Waals surface area contributed by atoms with Gasteiger partial charge in [-0.05, 0) is 70.1 Å². The molecular formula is C21H32N2O2. The summed E-state index contributed by atoms with van der Waals surface area (Å²) in [5.74, 6) is 0.540. The fraction of sp³-hybridized carbons (Fsp3) is 0.714. The van der Waals surface area contributed by atoms with E-state index in [-0.39, 0.29) is 0 Å². The number of aliphatic carboxylic acids is 1. The van der Waals surface area contributed by atoms with Crippen LogP contribution in [-0.4, -0.2) is 47.4 Å². The standard InChI is InChI=1S/C21H32N2O2/c1-15(21(24)25)23(2)18-11-8-16(9-12-18)7-10-17-13-14-22-20-6-4-3-5-19(17)20/h7,10,13-16,18-20H,3-6,8-9,11-12H2,1-2H3,(H,24,25)/b10-7+. The Morgan fingerprint density at radius 2 is 1.96 bits per heavy atom. The van der Waals surface area contributed by atoms with Gasteiger partial charge in [0, 0.05) is 18.2 Å². The van der Waals surface area contributed by atoms with Crippen LogP contribution < -0.4 is 0 Å². The van der Waals surface area contributed by atoms with Crippen molar-refractivity contribution in [3.63, 3.8) is 0 Å². The summed E-state index contributed by atoms with van der Waals surface area (Å²) < 4.78 is 0. The van der Waals surface area contributed by atoms with Crippen molar-refractivity contribution in [2.75, 3.05) is 7.05 Å². The van der Waals surface area contributed by atoms with Crippen LogP contribution >= 0.6 is 0 Å². The van der Waals surface area contributed by atoms with E-state index in [4.69, 9.17) is 0 Å². The zero-order valence-electron chi connectivity index (χ0n) is 15.6. The molecule has 2 fully saturated rings. The predicted molar refractivity (Wildman–Crippen MR) is 102 cm³/mol. The van der Waals surface area contributed by atoms with Crippen molar-refractivity contribution < 1.29 is 9.90 Å². The largest absolute Gasteiger partial charge is 0.480 e. The lowest BCUT2D eigenvalue weighted by Gasteiger charge is -2.36. The molecule has 0 saturated heterocycles. The summed E-state index contributed by atoms with van der Waals surface area (Å²) in [5.41, 5.74) is 1.47. The molecule has 25 heavy (non-hydrogen) atoms. The second-order valence-corrected chi connectivity index (χ2v) is 8.03. The van der Waals surface area contributed by atoms with Crippen molar-refractivity contribution in [2.45, 2.75) is 76.4 Å². The van der Waals surface area contributed by atoms with Crippen LogP contribution in [-0.2, 0) is 4.79 Å². The van der Waals surface area contributed by atoms with Crippen LogP contribution in [0.15, 0.2) is 28.8 Å². The number of likely N-dealkylation sites (N-methyl/N-ethyl adjacent to an activating group) is 1. The molecule has 2 aliphatic carbocycles. The maximum absolute atomic E-state index is 11.2.